The van der Waals surface area contributed by atoms with Crippen molar-refractivity contribution in [3.8, 4) is 0 Å². The summed E-state index contributed by atoms with van der Waals surface area (Å²) in [7, 11) is 0. The van der Waals surface area contributed by atoms with Crippen LogP contribution in [-0.2, 0) is 42.9 Å². The Morgan fingerprint density at radius 2 is 1.44 bits per heavy atom. The van der Waals surface area contributed by atoms with Gasteiger partial charge in [0.15, 0.2) is 17.5 Å². The van der Waals surface area contributed by atoms with E-state index in [2.05, 4.69) is 5.32 Å². The highest BCUT2D eigenvalue weighted by Gasteiger charge is 2.78. The van der Waals surface area contributed by atoms with E-state index in [-0.39, 0.29) is 36.5 Å². The van der Waals surface area contributed by atoms with Gasteiger partial charge in [-0.15, -0.1) is 0 Å². The number of Topliss-reactive ketones (excluding diaryl/α,β-unsaturated/α-hetero) is 1. The lowest BCUT2D eigenvalue weighted by Crippen LogP contribution is -2.81. The molecule has 2 bridgehead atoms. The highest BCUT2D eigenvalue weighted by Crippen LogP contribution is 2.66. The number of esters is 4. The van der Waals surface area contributed by atoms with Crippen LogP contribution < -0.4 is 5.32 Å². The number of nitrogens with one attached hydrogen (secondary N) is 1. The molecule has 11 unspecified atom stereocenters. The Labute approximate surface area is 373 Å². The lowest BCUT2D eigenvalue weighted by Gasteiger charge is -2.68. The van der Waals surface area contributed by atoms with Gasteiger partial charge in [-0.05, 0) is 80.0 Å². The van der Waals surface area contributed by atoms with Gasteiger partial charge in [0.05, 0.1) is 36.0 Å². The third-order valence-electron chi connectivity index (χ3n) is 15.1. The Morgan fingerprint density at radius 1 is 0.844 bits per heavy atom. The van der Waals surface area contributed by atoms with Gasteiger partial charge in [0, 0.05) is 29.7 Å². The molecule has 338 valence electrons. The lowest BCUT2D eigenvalue weighted by atomic mass is 9.43. The molecule has 3 aromatic rings. The second-order valence-electron chi connectivity index (χ2n) is 19.2. The average molecular weight is 876 g/mol. The highest BCUT2D eigenvalue weighted by molar-refractivity contribution is 5.96. The van der Waals surface area contributed by atoms with Gasteiger partial charge in [-0.2, -0.15) is 0 Å². The van der Waals surface area contributed by atoms with Crippen molar-refractivity contribution in [2.45, 2.75) is 116 Å². The summed E-state index contributed by atoms with van der Waals surface area (Å²) < 4.78 is 31.8. The van der Waals surface area contributed by atoms with Crippen LogP contribution in [0.25, 0.3) is 0 Å². The fourth-order valence-corrected chi connectivity index (χ4v) is 11.0. The molecule has 1 heterocycles. The first-order valence-corrected chi connectivity index (χ1v) is 22.2. The molecule has 3 aromatic carbocycles. The predicted octanol–water partition coefficient (Wildman–Crippen LogP) is 6.68. The van der Waals surface area contributed by atoms with Crippen molar-refractivity contribution in [1.82, 2.24) is 5.32 Å². The summed E-state index contributed by atoms with van der Waals surface area (Å²) in [5, 5.41) is 17.0. The summed E-state index contributed by atoms with van der Waals surface area (Å²) in [6.07, 6.45) is -3.95. The Bertz CT molecular complexity index is 2360. The number of fused-ring (bicyclic) bond motifs is 5. The largest absolute Gasteiger partial charge is 0.457 e. The molecule has 2 N–H and O–H groups in total. The van der Waals surface area contributed by atoms with Crippen molar-refractivity contribution < 1.29 is 57.6 Å². The molecule has 0 radical (unpaired) electrons. The average Bonchev–Trinajstić information content (AvgIpc) is 4.13. The number of aliphatic hydroxyl groups is 1. The maximum absolute atomic E-state index is 15.8. The molecule has 11 atom stereocenters. The van der Waals surface area contributed by atoms with E-state index in [9.17, 15) is 29.1 Å². The summed E-state index contributed by atoms with van der Waals surface area (Å²) >= 11 is 0. The monoisotopic (exact) mass is 875 g/mol. The van der Waals surface area contributed by atoms with E-state index in [0.717, 1.165) is 0 Å². The van der Waals surface area contributed by atoms with Gasteiger partial charge in [0.2, 0.25) is 0 Å². The molecule has 64 heavy (non-hydrogen) atoms. The Balaban J connectivity index is 1.27. The second-order valence-corrected chi connectivity index (χ2v) is 19.2. The molecule has 13 heteroatoms. The number of ketones is 1. The first-order valence-electron chi connectivity index (χ1n) is 22.2. The van der Waals surface area contributed by atoms with E-state index < -0.39 is 106 Å². The van der Waals surface area contributed by atoms with Crippen LogP contribution in [0.4, 0.5) is 0 Å². The molecule has 5 aliphatic rings. The van der Waals surface area contributed by atoms with Crippen LogP contribution in [0.1, 0.15) is 106 Å². The summed E-state index contributed by atoms with van der Waals surface area (Å²) in [5.74, 6) is -6.82. The van der Waals surface area contributed by atoms with E-state index in [1.165, 1.54) is 6.92 Å². The van der Waals surface area contributed by atoms with Crippen molar-refractivity contribution in [3.05, 3.63) is 119 Å². The summed E-state index contributed by atoms with van der Waals surface area (Å²) in [6, 6.07) is 25.0. The van der Waals surface area contributed by atoms with Crippen LogP contribution in [-0.4, -0.2) is 82.9 Å². The Kier molecular flexibility index (Phi) is 11.7. The van der Waals surface area contributed by atoms with E-state index >= 15 is 4.79 Å². The third-order valence-corrected chi connectivity index (χ3v) is 15.1. The number of benzene rings is 3. The van der Waals surface area contributed by atoms with Crippen LogP contribution in [0.3, 0.4) is 0 Å². The quantitative estimate of drug-likeness (QED) is 0.119. The number of rotatable bonds is 11. The molecular weight excluding hydrogens is 819 g/mol. The van der Waals surface area contributed by atoms with Crippen LogP contribution in [0, 0.1) is 34.5 Å². The van der Waals surface area contributed by atoms with Crippen molar-refractivity contribution in [2.75, 3.05) is 6.61 Å². The normalized spacial score (nSPS) is 32.4. The van der Waals surface area contributed by atoms with Crippen LogP contribution in [0.15, 0.2) is 102 Å². The molecule has 4 aliphatic carbocycles. The summed E-state index contributed by atoms with van der Waals surface area (Å²) in [5.41, 5.74) is -5.03. The van der Waals surface area contributed by atoms with Crippen molar-refractivity contribution in [2.24, 2.45) is 34.5 Å². The summed E-state index contributed by atoms with van der Waals surface area (Å²) in [6.45, 7) is 11.3. The molecule has 1 aliphatic heterocycles. The fourth-order valence-electron chi connectivity index (χ4n) is 11.0. The minimum Gasteiger partial charge on any atom is -0.457 e. The Hall–Kier alpha value is -5.66. The van der Waals surface area contributed by atoms with E-state index in [0.29, 0.717) is 29.5 Å². The molecule has 1 saturated heterocycles. The SMILES string of the molecule is CC(=O)OC1C(=O)C2(C)C(C)CC3OCC3(OC(=O)C3CC3)C2C(OC(=O)c2ccccc2)C2(O)CC(OC(=O)C(C)C(NC(=O)c3ccccc3)c3ccccc3)C(C)=C1C2(C)C. The molecule has 4 fully saturated rings. The molecule has 0 aromatic heterocycles. The molecule has 0 spiro atoms. The van der Waals surface area contributed by atoms with Crippen molar-refractivity contribution in [3.63, 3.8) is 0 Å². The minimum absolute atomic E-state index is 0.141. The van der Waals surface area contributed by atoms with Gasteiger partial charge in [-0.3, -0.25) is 24.0 Å². The van der Waals surface area contributed by atoms with Gasteiger partial charge in [0.1, 0.15) is 23.9 Å². The lowest BCUT2D eigenvalue weighted by molar-refractivity contribution is -0.341. The zero-order valence-electron chi connectivity index (χ0n) is 37.3. The maximum atomic E-state index is 15.8. The number of ether oxygens (including phenoxy) is 5. The van der Waals surface area contributed by atoms with E-state index in [1.54, 1.807) is 120 Å². The number of carbonyl (C=O) groups excluding carboxylic acids is 6. The van der Waals surface area contributed by atoms with Gasteiger partial charge >= 0.3 is 23.9 Å². The van der Waals surface area contributed by atoms with E-state index in [1.807, 2.05) is 13.0 Å². The number of hydrogen-bond acceptors (Lipinski definition) is 12. The fraction of sp³-hybridized carbons (Fsp3) is 0.490. The zero-order valence-corrected chi connectivity index (χ0v) is 37.3. The van der Waals surface area contributed by atoms with Gasteiger partial charge in [-0.1, -0.05) is 94.4 Å². The summed E-state index contributed by atoms with van der Waals surface area (Å²) in [4.78, 5) is 85.6. The van der Waals surface area contributed by atoms with Gasteiger partial charge in [-0.25, -0.2) is 4.79 Å². The van der Waals surface area contributed by atoms with Gasteiger partial charge in [0.25, 0.3) is 5.91 Å². The topological polar surface area (TPSA) is 181 Å². The number of carbonyl (C=O) groups is 6. The molecule has 13 nitrogen and oxygen atoms in total. The van der Waals surface area contributed by atoms with Crippen molar-refractivity contribution >= 4 is 35.6 Å². The van der Waals surface area contributed by atoms with E-state index in [4.69, 9.17) is 23.7 Å². The van der Waals surface area contributed by atoms with Crippen LogP contribution in [0.2, 0.25) is 0 Å². The smallest absolute Gasteiger partial charge is 0.338 e. The predicted molar refractivity (Wildman–Crippen MR) is 231 cm³/mol. The number of hydrogen-bond donors (Lipinski definition) is 2. The number of amides is 1. The highest BCUT2D eigenvalue weighted by atomic mass is 16.6. The molecule has 3 saturated carbocycles. The first kappa shape index (κ1) is 44.9. The Morgan fingerprint density at radius 3 is 2.00 bits per heavy atom. The molecule has 1 amide bonds. The second kappa shape index (κ2) is 16.7. The maximum Gasteiger partial charge on any atom is 0.338 e. The standard InChI is InChI=1S/C51H57NO12/c1-28-25-37-50(27-60-37,64-47(58)35-23-24-35)41-43(63-46(57)34-21-15-10-16-22-34)51(59)26-36(29(2)38(48(51,5)6)40(61-31(4)53)42(54)49(28,41)7)62-45(56)30(3)39(32-17-11-8-12-18-32)52-44(55)33-19-13-9-14-20-33/h8-22,28,30,35-37,39-41,43,59H,23-27H2,1-7H3,(H,52,55). The first-order chi connectivity index (χ1) is 30.3. The van der Waals surface area contributed by atoms with Crippen LogP contribution in [0.5, 0.6) is 0 Å². The third kappa shape index (κ3) is 7.43. The van der Waals surface area contributed by atoms with Crippen molar-refractivity contribution in [1.29, 1.82) is 0 Å². The molecule has 8 rings (SSSR count). The molecular formula is C51H57NO12. The zero-order chi connectivity index (χ0) is 45.9. The van der Waals surface area contributed by atoms with Crippen LogP contribution >= 0.6 is 0 Å². The van der Waals surface area contributed by atoms with Gasteiger partial charge < -0.3 is 34.1 Å². The minimum atomic E-state index is -2.19.